The van der Waals surface area contributed by atoms with E-state index in [1.54, 1.807) is 6.07 Å². The molecule has 0 aliphatic heterocycles. The average molecular weight is 286 g/mol. The summed E-state index contributed by atoms with van der Waals surface area (Å²) < 4.78 is 13.4. The van der Waals surface area contributed by atoms with Gasteiger partial charge in [0.1, 0.15) is 5.82 Å². The predicted octanol–water partition coefficient (Wildman–Crippen LogP) is 4.23. The van der Waals surface area contributed by atoms with Crippen molar-refractivity contribution in [2.75, 3.05) is 6.54 Å². The molecular weight excluding hydrogens is 263 g/mol. The highest BCUT2D eigenvalue weighted by molar-refractivity contribution is 5.38. The first-order chi connectivity index (χ1) is 10.0. The summed E-state index contributed by atoms with van der Waals surface area (Å²) in [4.78, 5) is 4.61. The van der Waals surface area contributed by atoms with Crippen LogP contribution in [-0.2, 0) is 0 Å². The molecule has 0 bridgehead atoms. The topological polar surface area (TPSA) is 24.9 Å². The van der Waals surface area contributed by atoms with Gasteiger partial charge in [-0.15, -0.1) is 0 Å². The maximum atomic E-state index is 13.4. The Kier molecular flexibility index (Phi) is 5.07. The SMILES string of the molecule is CCCNC(c1ccc(F)cc1C)c1ncc(C)cc1C. The normalized spacial score (nSPS) is 12.4. The van der Waals surface area contributed by atoms with Crippen molar-refractivity contribution in [1.29, 1.82) is 0 Å². The second kappa shape index (κ2) is 6.81. The number of aromatic nitrogens is 1. The molecule has 1 unspecified atom stereocenters. The van der Waals surface area contributed by atoms with Gasteiger partial charge in [-0.1, -0.05) is 19.1 Å². The number of pyridine rings is 1. The molecule has 2 aromatic rings. The van der Waals surface area contributed by atoms with Gasteiger partial charge in [-0.05, 0) is 68.1 Å². The van der Waals surface area contributed by atoms with Crippen LogP contribution in [0.4, 0.5) is 4.39 Å². The maximum Gasteiger partial charge on any atom is 0.123 e. The Morgan fingerprint density at radius 2 is 1.90 bits per heavy atom. The Hall–Kier alpha value is -1.74. The largest absolute Gasteiger partial charge is 0.305 e. The van der Waals surface area contributed by atoms with Crippen LogP contribution < -0.4 is 5.32 Å². The number of benzene rings is 1. The van der Waals surface area contributed by atoms with E-state index in [1.165, 1.54) is 6.07 Å². The van der Waals surface area contributed by atoms with E-state index in [0.717, 1.165) is 40.9 Å². The Bertz CT molecular complexity index is 571. The van der Waals surface area contributed by atoms with E-state index >= 15 is 0 Å². The van der Waals surface area contributed by atoms with Crippen LogP contribution >= 0.6 is 0 Å². The van der Waals surface area contributed by atoms with Crippen molar-refractivity contribution in [3.8, 4) is 0 Å². The van der Waals surface area contributed by atoms with Crippen LogP contribution in [0, 0.1) is 26.6 Å². The highest BCUT2D eigenvalue weighted by Gasteiger charge is 2.19. The van der Waals surface area contributed by atoms with Crippen LogP contribution in [0.5, 0.6) is 0 Å². The van der Waals surface area contributed by atoms with Crippen LogP contribution in [0.3, 0.4) is 0 Å². The second-order valence-corrected chi connectivity index (χ2v) is 5.60. The molecule has 0 fully saturated rings. The van der Waals surface area contributed by atoms with E-state index in [-0.39, 0.29) is 11.9 Å². The van der Waals surface area contributed by atoms with Gasteiger partial charge in [-0.3, -0.25) is 4.98 Å². The molecule has 0 saturated carbocycles. The van der Waals surface area contributed by atoms with Crippen molar-refractivity contribution in [3.05, 3.63) is 64.2 Å². The van der Waals surface area contributed by atoms with Crippen LogP contribution in [0.25, 0.3) is 0 Å². The predicted molar refractivity (Wildman–Crippen MR) is 85.0 cm³/mol. The van der Waals surface area contributed by atoms with Crippen molar-refractivity contribution in [1.82, 2.24) is 10.3 Å². The molecule has 3 heteroatoms. The van der Waals surface area contributed by atoms with E-state index in [0.29, 0.717) is 0 Å². The number of hydrogen-bond donors (Lipinski definition) is 1. The van der Waals surface area contributed by atoms with Crippen LogP contribution in [0.15, 0.2) is 30.5 Å². The second-order valence-electron chi connectivity index (χ2n) is 5.60. The van der Waals surface area contributed by atoms with Crippen molar-refractivity contribution in [2.24, 2.45) is 0 Å². The molecule has 1 aromatic heterocycles. The monoisotopic (exact) mass is 286 g/mol. The Morgan fingerprint density at radius 3 is 2.52 bits per heavy atom. The molecule has 112 valence electrons. The maximum absolute atomic E-state index is 13.4. The number of nitrogens with zero attached hydrogens (tertiary/aromatic N) is 1. The molecule has 21 heavy (non-hydrogen) atoms. The molecule has 2 nitrogen and oxygen atoms in total. The minimum absolute atomic E-state index is 0.00569. The molecule has 0 spiro atoms. The summed E-state index contributed by atoms with van der Waals surface area (Å²) in [7, 11) is 0. The van der Waals surface area contributed by atoms with Gasteiger partial charge in [0.2, 0.25) is 0 Å². The van der Waals surface area contributed by atoms with Gasteiger partial charge >= 0.3 is 0 Å². The zero-order valence-electron chi connectivity index (χ0n) is 13.2. The fourth-order valence-corrected chi connectivity index (χ4v) is 2.63. The lowest BCUT2D eigenvalue weighted by atomic mass is 9.95. The molecule has 1 heterocycles. The number of halogens is 1. The summed E-state index contributed by atoms with van der Waals surface area (Å²) >= 11 is 0. The molecule has 0 radical (unpaired) electrons. The van der Waals surface area contributed by atoms with Gasteiger partial charge in [0.05, 0.1) is 11.7 Å². The third-order valence-corrected chi connectivity index (χ3v) is 3.67. The summed E-state index contributed by atoms with van der Waals surface area (Å²) in [5, 5.41) is 3.54. The van der Waals surface area contributed by atoms with Crippen molar-refractivity contribution in [2.45, 2.75) is 40.2 Å². The summed E-state index contributed by atoms with van der Waals surface area (Å²) in [5.74, 6) is -0.195. The van der Waals surface area contributed by atoms with Gasteiger partial charge in [-0.25, -0.2) is 4.39 Å². The Labute approximate surface area is 126 Å². The molecule has 2 rings (SSSR count). The number of aryl methyl sites for hydroxylation is 3. The van der Waals surface area contributed by atoms with Crippen molar-refractivity contribution >= 4 is 0 Å². The standard InChI is InChI=1S/C18H23FN2/c1-5-8-20-18(16-7-6-15(19)10-13(16)3)17-14(4)9-12(2)11-21-17/h6-7,9-11,18,20H,5,8H2,1-4H3. The smallest absolute Gasteiger partial charge is 0.123 e. The zero-order valence-corrected chi connectivity index (χ0v) is 13.2. The molecular formula is C18H23FN2. The Balaban J connectivity index is 2.46. The van der Waals surface area contributed by atoms with Gasteiger partial charge < -0.3 is 5.32 Å². The first-order valence-electron chi connectivity index (χ1n) is 7.45. The van der Waals surface area contributed by atoms with E-state index in [1.807, 2.05) is 26.1 Å². The lowest BCUT2D eigenvalue weighted by Gasteiger charge is -2.22. The summed E-state index contributed by atoms with van der Waals surface area (Å²) in [5.41, 5.74) is 5.37. The van der Waals surface area contributed by atoms with Crippen LogP contribution in [-0.4, -0.2) is 11.5 Å². The molecule has 0 aliphatic rings. The van der Waals surface area contributed by atoms with E-state index in [2.05, 4.69) is 30.2 Å². The fraction of sp³-hybridized carbons (Fsp3) is 0.389. The molecule has 1 N–H and O–H groups in total. The molecule has 1 atom stereocenters. The van der Waals surface area contributed by atoms with Gasteiger partial charge in [-0.2, -0.15) is 0 Å². The number of nitrogens with one attached hydrogen (secondary N) is 1. The molecule has 1 aromatic carbocycles. The number of rotatable bonds is 5. The summed E-state index contributed by atoms with van der Waals surface area (Å²) in [6, 6.07) is 7.11. The first-order valence-corrected chi connectivity index (χ1v) is 7.45. The van der Waals surface area contributed by atoms with Crippen LogP contribution in [0.2, 0.25) is 0 Å². The summed E-state index contributed by atoms with van der Waals surface area (Å²) in [6.45, 7) is 9.10. The minimum Gasteiger partial charge on any atom is -0.305 e. The van der Waals surface area contributed by atoms with Gasteiger partial charge in [0, 0.05) is 6.20 Å². The van der Waals surface area contributed by atoms with Gasteiger partial charge in [0.15, 0.2) is 0 Å². The summed E-state index contributed by atoms with van der Waals surface area (Å²) in [6.07, 6.45) is 2.93. The molecule has 0 aliphatic carbocycles. The molecule has 0 amide bonds. The van der Waals surface area contributed by atoms with E-state index < -0.39 is 0 Å². The zero-order chi connectivity index (χ0) is 15.4. The van der Waals surface area contributed by atoms with E-state index in [4.69, 9.17) is 0 Å². The van der Waals surface area contributed by atoms with E-state index in [9.17, 15) is 4.39 Å². The fourth-order valence-electron chi connectivity index (χ4n) is 2.63. The van der Waals surface area contributed by atoms with Gasteiger partial charge in [0.25, 0.3) is 0 Å². The average Bonchev–Trinajstić information content (AvgIpc) is 2.42. The number of hydrogen-bond acceptors (Lipinski definition) is 2. The van der Waals surface area contributed by atoms with Crippen molar-refractivity contribution in [3.63, 3.8) is 0 Å². The lowest BCUT2D eigenvalue weighted by molar-refractivity contribution is 0.576. The van der Waals surface area contributed by atoms with Crippen LogP contribution in [0.1, 0.15) is 47.3 Å². The Morgan fingerprint density at radius 1 is 1.14 bits per heavy atom. The highest BCUT2D eigenvalue weighted by Crippen LogP contribution is 2.26. The minimum atomic E-state index is -0.195. The quantitative estimate of drug-likeness (QED) is 0.889. The third kappa shape index (κ3) is 3.67. The molecule has 0 saturated heterocycles. The first kappa shape index (κ1) is 15.6. The highest BCUT2D eigenvalue weighted by atomic mass is 19.1. The lowest BCUT2D eigenvalue weighted by Crippen LogP contribution is -2.25. The van der Waals surface area contributed by atoms with Crippen molar-refractivity contribution < 1.29 is 4.39 Å². The third-order valence-electron chi connectivity index (χ3n) is 3.67.